The standard InChI is InChI=1S/C32H51F/c1-2-25-8-16-29(17-9-25)31-20-12-27(13-21-31)6-7-28-14-22-32(23-15-28)30-18-10-26(11-19-30)5-3-4-24-33/h10-11,18-19,25,27-29,31-32H,2-9,12-17,20-24H2,1H3/t25-,27?,28-,29-,31?,32-. The van der Waals surface area contributed by atoms with Gasteiger partial charge in [0.15, 0.2) is 0 Å². The van der Waals surface area contributed by atoms with Crippen molar-refractivity contribution in [2.75, 3.05) is 6.67 Å². The van der Waals surface area contributed by atoms with Gasteiger partial charge in [-0.05, 0) is 117 Å². The molecule has 33 heavy (non-hydrogen) atoms. The largest absolute Gasteiger partial charge is 0.251 e. The molecule has 0 aliphatic heterocycles. The van der Waals surface area contributed by atoms with Crippen LogP contribution in [0.3, 0.4) is 0 Å². The third kappa shape index (κ3) is 7.57. The van der Waals surface area contributed by atoms with E-state index in [2.05, 4.69) is 31.2 Å². The predicted octanol–water partition coefficient (Wildman–Crippen LogP) is 10.1. The topological polar surface area (TPSA) is 0 Å². The van der Waals surface area contributed by atoms with Crippen molar-refractivity contribution in [1.29, 1.82) is 0 Å². The molecule has 0 atom stereocenters. The number of unbranched alkanes of at least 4 members (excludes halogenated alkanes) is 1. The van der Waals surface area contributed by atoms with Gasteiger partial charge in [-0.1, -0.05) is 76.1 Å². The maximum atomic E-state index is 12.3. The molecular formula is C32H51F. The minimum Gasteiger partial charge on any atom is -0.251 e. The number of hydrogen-bond donors (Lipinski definition) is 0. The number of benzene rings is 1. The second kappa shape index (κ2) is 13.3. The van der Waals surface area contributed by atoms with Crippen LogP contribution in [0.2, 0.25) is 0 Å². The lowest BCUT2D eigenvalue weighted by Crippen LogP contribution is -2.26. The molecule has 3 saturated carbocycles. The molecule has 1 aromatic rings. The Kier molecular flexibility index (Phi) is 10.2. The van der Waals surface area contributed by atoms with E-state index in [1.807, 2.05) is 0 Å². The van der Waals surface area contributed by atoms with E-state index in [0.29, 0.717) is 6.42 Å². The van der Waals surface area contributed by atoms with E-state index in [1.54, 1.807) is 31.2 Å². The van der Waals surface area contributed by atoms with Gasteiger partial charge in [0.1, 0.15) is 0 Å². The van der Waals surface area contributed by atoms with Gasteiger partial charge >= 0.3 is 0 Å². The van der Waals surface area contributed by atoms with Crippen LogP contribution in [0, 0.1) is 29.6 Å². The maximum Gasteiger partial charge on any atom is 0.0894 e. The second-order valence-electron chi connectivity index (χ2n) is 12.2. The molecule has 0 radical (unpaired) electrons. The molecule has 1 heteroatoms. The molecule has 0 N–H and O–H groups in total. The smallest absolute Gasteiger partial charge is 0.0894 e. The first-order valence-corrected chi connectivity index (χ1v) is 14.9. The lowest BCUT2D eigenvalue weighted by atomic mass is 9.68. The molecule has 3 aliphatic carbocycles. The summed E-state index contributed by atoms with van der Waals surface area (Å²) in [6, 6.07) is 9.32. The normalized spacial score (nSPS) is 33.2. The van der Waals surface area contributed by atoms with Gasteiger partial charge in [-0.3, -0.25) is 4.39 Å². The zero-order valence-corrected chi connectivity index (χ0v) is 21.6. The fourth-order valence-electron chi connectivity index (χ4n) is 7.65. The van der Waals surface area contributed by atoms with Gasteiger partial charge in [0, 0.05) is 0 Å². The molecule has 0 nitrogen and oxygen atoms in total. The summed E-state index contributed by atoms with van der Waals surface area (Å²) >= 11 is 0. The van der Waals surface area contributed by atoms with Crippen LogP contribution in [0.15, 0.2) is 24.3 Å². The summed E-state index contributed by atoms with van der Waals surface area (Å²) in [4.78, 5) is 0. The van der Waals surface area contributed by atoms with Crippen molar-refractivity contribution < 1.29 is 4.39 Å². The first-order valence-electron chi connectivity index (χ1n) is 14.9. The second-order valence-corrected chi connectivity index (χ2v) is 12.2. The first kappa shape index (κ1) is 25.2. The van der Waals surface area contributed by atoms with Gasteiger partial charge in [-0.2, -0.15) is 0 Å². The number of rotatable bonds is 10. The Bertz CT molecular complexity index is 640. The Hall–Kier alpha value is -0.850. The summed E-state index contributed by atoms with van der Waals surface area (Å²) in [7, 11) is 0. The highest BCUT2D eigenvalue weighted by Crippen LogP contribution is 2.44. The third-order valence-electron chi connectivity index (χ3n) is 10.2. The van der Waals surface area contributed by atoms with E-state index in [4.69, 9.17) is 0 Å². The molecule has 0 amide bonds. The summed E-state index contributed by atoms with van der Waals surface area (Å²) in [5.74, 6) is 6.00. The van der Waals surface area contributed by atoms with Crippen molar-refractivity contribution in [3.05, 3.63) is 35.4 Å². The number of aryl methyl sites for hydroxylation is 1. The van der Waals surface area contributed by atoms with Crippen LogP contribution in [-0.2, 0) is 6.42 Å². The van der Waals surface area contributed by atoms with E-state index < -0.39 is 0 Å². The zero-order chi connectivity index (χ0) is 22.9. The highest BCUT2D eigenvalue weighted by Gasteiger charge is 2.31. The van der Waals surface area contributed by atoms with Crippen molar-refractivity contribution in [1.82, 2.24) is 0 Å². The lowest BCUT2D eigenvalue weighted by Gasteiger charge is -2.38. The summed E-state index contributed by atoms with van der Waals surface area (Å²) in [5.41, 5.74) is 2.93. The van der Waals surface area contributed by atoms with E-state index >= 15 is 0 Å². The van der Waals surface area contributed by atoms with Crippen LogP contribution >= 0.6 is 0 Å². The molecule has 0 aromatic heterocycles. The summed E-state index contributed by atoms with van der Waals surface area (Å²) < 4.78 is 12.3. The molecule has 0 saturated heterocycles. The van der Waals surface area contributed by atoms with Crippen LogP contribution < -0.4 is 0 Å². The lowest BCUT2D eigenvalue weighted by molar-refractivity contribution is 0.138. The van der Waals surface area contributed by atoms with Crippen molar-refractivity contribution in [2.24, 2.45) is 29.6 Å². The van der Waals surface area contributed by atoms with Crippen LogP contribution in [-0.4, -0.2) is 6.67 Å². The molecule has 3 fully saturated rings. The zero-order valence-electron chi connectivity index (χ0n) is 21.6. The molecule has 4 rings (SSSR count). The molecule has 186 valence electrons. The fraction of sp³-hybridized carbons (Fsp3) is 0.812. The Morgan fingerprint density at radius 1 is 0.636 bits per heavy atom. The molecule has 0 bridgehead atoms. The summed E-state index contributed by atoms with van der Waals surface area (Å²) in [6.45, 7) is 2.21. The first-order chi connectivity index (χ1) is 16.2. The highest BCUT2D eigenvalue weighted by molar-refractivity contribution is 5.26. The summed E-state index contributed by atoms with van der Waals surface area (Å²) in [6.07, 6.45) is 25.1. The van der Waals surface area contributed by atoms with E-state index in [9.17, 15) is 4.39 Å². The molecule has 0 unspecified atom stereocenters. The minimum atomic E-state index is -0.178. The van der Waals surface area contributed by atoms with Gasteiger partial charge in [-0.25, -0.2) is 0 Å². The van der Waals surface area contributed by atoms with E-state index in [1.165, 1.54) is 76.2 Å². The van der Waals surface area contributed by atoms with Crippen LogP contribution in [0.5, 0.6) is 0 Å². The van der Waals surface area contributed by atoms with Crippen LogP contribution in [0.25, 0.3) is 0 Å². The monoisotopic (exact) mass is 454 g/mol. The van der Waals surface area contributed by atoms with Gasteiger partial charge in [0.05, 0.1) is 6.67 Å². The van der Waals surface area contributed by atoms with Gasteiger partial charge < -0.3 is 0 Å². The van der Waals surface area contributed by atoms with Crippen LogP contribution in [0.4, 0.5) is 4.39 Å². The van der Waals surface area contributed by atoms with Crippen molar-refractivity contribution >= 4 is 0 Å². The van der Waals surface area contributed by atoms with Gasteiger partial charge in [0.2, 0.25) is 0 Å². The maximum absolute atomic E-state index is 12.3. The number of halogens is 1. The average Bonchev–Trinajstić information content (AvgIpc) is 2.89. The number of hydrogen-bond acceptors (Lipinski definition) is 0. The highest BCUT2D eigenvalue weighted by atomic mass is 19.1. The molecular weight excluding hydrogens is 403 g/mol. The van der Waals surface area contributed by atoms with Gasteiger partial charge in [-0.15, -0.1) is 0 Å². The summed E-state index contributed by atoms with van der Waals surface area (Å²) in [5, 5.41) is 0. The Balaban J connectivity index is 1.10. The molecule has 1 aromatic carbocycles. The number of alkyl halides is 1. The Morgan fingerprint density at radius 2 is 1.15 bits per heavy atom. The van der Waals surface area contributed by atoms with Gasteiger partial charge in [0.25, 0.3) is 0 Å². The van der Waals surface area contributed by atoms with Crippen molar-refractivity contribution in [3.63, 3.8) is 0 Å². The average molecular weight is 455 g/mol. The molecule has 0 heterocycles. The predicted molar refractivity (Wildman–Crippen MR) is 140 cm³/mol. The van der Waals surface area contributed by atoms with Crippen LogP contribution in [0.1, 0.15) is 133 Å². The van der Waals surface area contributed by atoms with E-state index in [0.717, 1.165) is 48.3 Å². The molecule has 3 aliphatic rings. The third-order valence-corrected chi connectivity index (χ3v) is 10.2. The Morgan fingerprint density at radius 3 is 1.67 bits per heavy atom. The van der Waals surface area contributed by atoms with Crippen molar-refractivity contribution in [2.45, 2.75) is 128 Å². The fourth-order valence-corrected chi connectivity index (χ4v) is 7.65. The van der Waals surface area contributed by atoms with Crippen molar-refractivity contribution in [3.8, 4) is 0 Å². The molecule has 0 spiro atoms. The minimum absolute atomic E-state index is 0.178. The SMILES string of the molecule is CC[C@H]1CC[C@H](C2CCC(CC[C@H]3CC[C@H](c4ccc(CCCCF)cc4)CC3)CC2)CC1. The Labute approximate surface area is 204 Å². The quantitative estimate of drug-likeness (QED) is 0.308. The van der Waals surface area contributed by atoms with E-state index in [-0.39, 0.29) is 6.67 Å².